The van der Waals surface area contributed by atoms with Crippen molar-refractivity contribution in [2.75, 3.05) is 5.32 Å². The number of anilines is 1. The molecule has 3 rings (SSSR count). The van der Waals surface area contributed by atoms with Crippen molar-refractivity contribution in [1.29, 1.82) is 0 Å². The molecule has 1 amide bonds. The monoisotopic (exact) mass is 337 g/mol. The molecular formula is C16H20ClN3OS. The van der Waals surface area contributed by atoms with E-state index in [2.05, 4.69) is 10.3 Å². The second kappa shape index (κ2) is 7.22. The van der Waals surface area contributed by atoms with Gasteiger partial charge in [0, 0.05) is 10.9 Å². The average molecular weight is 338 g/mol. The molecular weight excluding hydrogens is 318 g/mol. The second-order valence-electron chi connectivity index (χ2n) is 5.51. The van der Waals surface area contributed by atoms with E-state index < -0.39 is 0 Å². The third kappa shape index (κ3) is 3.66. The van der Waals surface area contributed by atoms with Crippen LogP contribution in [0.15, 0.2) is 30.3 Å². The Hall–Kier alpha value is -1.43. The molecule has 0 spiro atoms. The number of hydrogen-bond acceptors (Lipinski definition) is 4. The lowest BCUT2D eigenvalue weighted by Gasteiger charge is -2.15. The van der Waals surface area contributed by atoms with E-state index in [0.29, 0.717) is 5.13 Å². The maximum Gasteiger partial charge on any atom is 0.233 e. The lowest BCUT2D eigenvalue weighted by molar-refractivity contribution is -0.117. The number of rotatable bonds is 3. The summed E-state index contributed by atoms with van der Waals surface area (Å²) >= 11 is 1.56. The largest absolute Gasteiger partial charge is 0.327 e. The molecule has 0 saturated heterocycles. The highest BCUT2D eigenvalue weighted by Crippen LogP contribution is 2.30. The Balaban J connectivity index is 0.00000176. The number of carbonyl (C=O) groups is 1. The fourth-order valence-electron chi connectivity index (χ4n) is 2.56. The lowest BCUT2D eigenvalue weighted by Crippen LogP contribution is -2.27. The number of aromatic nitrogens is 1. The van der Waals surface area contributed by atoms with Gasteiger partial charge in [-0.1, -0.05) is 30.3 Å². The quantitative estimate of drug-likeness (QED) is 0.904. The number of nitrogens with one attached hydrogen (secondary N) is 1. The van der Waals surface area contributed by atoms with Crippen LogP contribution in [-0.4, -0.2) is 16.9 Å². The number of amides is 1. The van der Waals surface area contributed by atoms with Gasteiger partial charge in [0.1, 0.15) is 0 Å². The van der Waals surface area contributed by atoms with Crippen molar-refractivity contribution in [1.82, 2.24) is 4.98 Å². The van der Waals surface area contributed by atoms with E-state index in [9.17, 15) is 4.79 Å². The number of fused-ring (bicyclic) bond motifs is 1. The van der Waals surface area contributed by atoms with Crippen LogP contribution in [0, 0.1) is 0 Å². The van der Waals surface area contributed by atoms with Crippen LogP contribution in [0.1, 0.15) is 35.4 Å². The molecule has 1 aromatic heterocycles. The summed E-state index contributed by atoms with van der Waals surface area (Å²) in [6.45, 7) is 1.91. The third-order valence-electron chi connectivity index (χ3n) is 3.90. The van der Waals surface area contributed by atoms with E-state index in [-0.39, 0.29) is 30.3 Å². The normalized spacial score (nSPS) is 18.0. The molecule has 3 N–H and O–H groups in total. The summed E-state index contributed by atoms with van der Waals surface area (Å²) in [6, 6.07) is 10.0. The molecule has 1 aromatic carbocycles. The Labute approximate surface area is 140 Å². The van der Waals surface area contributed by atoms with E-state index in [1.54, 1.807) is 11.3 Å². The summed E-state index contributed by atoms with van der Waals surface area (Å²) in [7, 11) is 0. The lowest BCUT2D eigenvalue weighted by atomic mass is 9.99. The van der Waals surface area contributed by atoms with Gasteiger partial charge in [0.2, 0.25) is 5.91 Å². The number of halogens is 1. The van der Waals surface area contributed by atoms with Crippen LogP contribution in [0.25, 0.3) is 0 Å². The highest BCUT2D eigenvalue weighted by atomic mass is 35.5. The van der Waals surface area contributed by atoms with E-state index >= 15 is 0 Å². The predicted octanol–water partition coefficient (Wildman–Crippen LogP) is 3.12. The number of benzene rings is 1. The Morgan fingerprint density at radius 3 is 2.86 bits per heavy atom. The standard InChI is InChI=1S/C16H19N3OS.ClH/c1-10(11-5-3-2-4-6-11)15(20)19-16-18-13-8-7-12(17)9-14(13)21-16;/h2-6,10,12H,7-9,17H2,1H3,(H,18,19,20);1H/t10?,12-;/m0./s1. The summed E-state index contributed by atoms with van der Waals surface area (Å²) in [6.07, 6.45) is 2.76. The zero-order chi connectivity index (χ0) is 14.8. The number of hydrogen-bond donors (Lipinski definition) is 2. The highest BCUT2D eigenvalue weighted by Gasteiger charge is 2.22. The molecule has 2 atom stereocenters. The molecule has 1 aliphatic carbocycles. The van der Waals surface area contributed by atoms with E-state index in [1.807, 2.05) is 37.3 Å². The maximum atomic E-state index is 12.3. The summed E-state index contributed by atoms with van der Waals surface area (Å²) < 4.78 is 0. The summed E-state index contributed by atoms with van der Waals surface area (Å²) in [4.78, 5) is 18.1. The Morgan fingerprint density at radius 1 is 1.41 bits per heavy atom. The van der Waals surface area contributed by atoms with Crippen LogP contribution in [0.2, 0.25) is 0 Å². The molecule has 1 heterocycles. The minimum Gasteiger partial charge on any atom is -0.327 e. The van der Waals surface area contributed by atoms with Gasteiger partial charge in [0.15, 0.2) is 5.13 Å². The number of aryl methyl sites for hydroxylation is 1. The Morgan fingerprint density at radius 2 is 2.14 bits per heavy atom. The minimum absolute atomic E-state index is 0. The highest BCUT2D eigenvalue weighted by molar-refractivity contribution is 7.15. The third-order valence-corrected chi connectivity index (χ3v) is 4.94. The summed E-state index contributed by atoms with van der Waals surface area (Å²) in [5.41, 5.74) is 8.09. The van der Waals surface area contributed by atoms with Crippen molar-refractivity contribution in [2.45, 2.75) is 38.1 Å². The van der Waals surface area contributed by atoms with Crippen molar-refractivity contribution in [2.24, 2.45) is 5.73 Å². The van der Waals surface area contributed by atoms with Gasteiger partial charge in [-0.15, -0.1) is 23.7 Å². The van der Waals surface area contributed by atoms with Crippen molar-refractivity contribution >= 4 is 34.8 Å². The maximum absolute atomic E-state index is 12.3. The van der Waals surface area contributed by atoms with Gasteiger partial charge in [-0.05, 0) is 31.7 Å². The molecule has 0 aliphatic heterocycles. The molecule has 0 radical (unpaired) electrons. The molecule has 118 valence electrons. The van der Waals surface area contributed by atoms with Crippen LogP contribution < -0.4 is 11.1 Å². The van der Waals surface area contributed by atoms with Crippen molar-refractivity contribution < 1.29 is 4.79 Å². The molecule has 0 fully saturated rings. The molecule has 4 nitrogen and oxygen atoms in total. The molecule has 1 unspecified atom stereocenters. The van der Waals surface area contributed by atoms with Crippen LogP contribution in [-0.2, 0) is 17.6 Å². The smallest absolute Gasteiger partial charge is 0.233 e. The average Bonchev–Trinajstić information content (AvgIpc) is 2.88. The van der Waals surface area contributed by atoms with Crippen LogP contribution in [0.3, 0.4) is 0 Å². The molecule has 0 saturated carbocycles. The van der Waals surface area contributed by atoms with Gasteiger partial charge in [-0.3, -0.25) is 4.79 Å². The number of thiazole rings is 1. The second-order valence-corrected chi connectivity index (χ2v) is 6.60. The molecule has 6 heteroatoms. The van der Waals surface area contributed by atoms with Gasteiger partial charge in [-0.2, -0.15) is 0 Å². The van der Waals surface area contributed by atoms with Crippen molar-refractivity contribution in [3.8, 4) is 0 Å². The SMILES string of the molecule is CC(C(=O)Nc1nc2c(s1)C[C@@H](N)CC2)c1ccccc1.Cl. The summed E-state index contributed by atoms with van der Waals surface area (Å²) in [5.74, 6) is -0.203. The van der Waals surface area contributed by atoms with Crippen molar-refractivity contribution in [3.63, 3.8) is 0 Å². The molecule has 1 aliphatic rings. The van der Waals surface area contributed by atoms with E-state index in [0.717, 1.165) is 30.5 Å². The predicted molar refractivity (Wildman–Crippen MR) is 92.8 cm³/mol. The van der Waals surface area contributed by atoms with Crippen LogP contribution in [0.5, 0.6) is 0 Å². The Bertz CT molecular complexity index is 644. The van der Waals surface area contributed by atoms with Crippen molar-refractivity contribution in [3.05, 3.63) is 46.5 Å². The number of nitrogens with zero attached hydrogens (tertiary/aromatic N) is 1. The topological polar surface area (TPSA) is 68.0 Å². The van der Waals surface area contributed by atoms with Gasteiger partial charge < -0.3 is 11.1 Å². The number of carbonyl (C=O) groups excluding carboxylic acids is 1. The fourth-order valence-corrected chi connectivity index (χ4v) is 3.66. The zero-order valence-corrected chi connectivity index (χ0v) is 14.0. The van der Waals surface area contributed by atoms with Gasteiger partial charge in [0.05, 0.1) is 11.6 Å². The first-order valence-electron chi connectivity index (χ1n) is 7.23. The fraction of sp³-hybridized carbons (Fsp3) is 0.375. The number of nitrogens with two attached hydrogens (primary N) is 1. The molecule has 0 bridgehead atoms. The summed E-state index contributed by atoms with van der Waals surface area (Å²) in [5, 5.41) is 3.64. The van der Waals surface area contributed by atoms with E-state index in [1.165, 1.54) is 4.88 Å². The van der Waals surface area contributed by atoms with Gasteiger partial charge >= 0.3 is 0 Å². The Kier molecular flexibility index (Phi) is 5.56. The van der Waals surface area contributed by atoms with E-state index in [4.69, 9.17) is 5.73 Å². The van der Waals surface area contributed by atoms with Crippen LogP contribution in [0.4, 0.5) is 5.13 Å². The zero-order valence-electron chi connectivity index (χ0n) is 12.4. The first-order valence-corrected chi connectivity index (χ1v) is 8.05. The first kappa shape index (κ1) is 16.9. The van der Waals surface area contributed by atoms with Crippen LogP contribution >= 0.6 is 23.7 Å². The van der Waals surface area contributed by atoms with Gasteiger partial charge in [0.25, 0.3) is 0 Å². The first-order chi connectivity index (χ1) is 10.1. The molecule has 22 heavy (non-hydrogen) atoms. The van der Waals surface area contributed by atoms with Gasteiger partial charge in [-0.25, -0.2) is 4.98 Å². The minimum atomic E-state index is -0.186. The molecule has 2 aromatic rings.